The van der Waals surface area contributed by atoms with Gasteiger partial charge in [0.25, 0.3) is 5.91 Å². The van der Waals surface area contributed by atoms with E-state index < -0.39 is 0 Å². The summed E-state index contributed by atoms with van der Waals surface area (Å²) in [6.07, 6.45) is 0.192. The zero-order chi connectivity index (χ0) is 14.8. The molecule has 1 aliphatic rings. The molecule has 4 heteroatoms. The summed E-state index contributed by atoms with van der Waals surface area (Å²) in [6, 6.07) is 15.6. The fraction of sp³-hybridized carbons (Fsp3) is 0.118. The minimum Gasteiger partial charge on any atom is -0.345 e. The van der Waals surface area contributed by atoms with E-state index in [1.54, 1.807) is 36.4 Å². The molecule has 104 valence electrons. The van der Waals surface area contributed by atoms with Gasteiger partial charge in [-0.15, -0.1) is 0 Å². The standard InChI is InChI=1S/C17H12N2O2.H2/c18-10-11-4-3-5-12(8-11)16(20)9-15-13-6-1-2-7-14(13)17(21)19-15;/h1-8,15H,9H2,(H,19,21);1H. The number of ketones is 1. The number of carbonyl (C=O) groups is 2. The number of nitrogens with one attached hydrogen (secondary N) is 1. The van der Waals surface area contributed by atoms with Crippen LogP contribution >= 0.6 is 0 Å². The monoisotopic (exact) mass is 278 g/mol. The van der Waals surface area contributed by atoms with Crippen molar-refractivity contribution in [1.82, 2.24) is 5.32 Å². The van der Waals surface area contributed by atoms with Crippen LogP contribution in [-0.2, 0) is 0 Å². The largest absolute Gasteiger partial charge is 0.345 e. The van der Waals surface area contributed by atoms with Gasteiger partial charge in [0.2, 0.25) is 0 Å². The number of hydrogen-bond acceptors (Lipinski definition) is 3. The topological polar surface area (TPSA) is 70.0 Å². The number of hydrogen-bond donors (Lipinski definition) is 1. The number of Topliss-reactive ketones (excluding diaryl/α,β-unsaturated/α-hetero) is 1. The van der Waals surface area contributed by atoms with Crippen molar-refractivity contribution in [2.75, 3.05) is 0 Å². The van der Waals surface area contributed by atoms with Crippen LogP contribution in [0.4, 0.5) is 0 Å². The number of benzene rings is 2. The van der Waals surface area contributed by atoms with E-state index in [4.69, 9.17) is 5.26 Å². The van der Waals surface area contributed by atoms with Crippen LogP contribution in [0.5, 0.6) is 0 Å². The molecule has 2 aromatic rings. The Morgan fingerprint density at radius 1 is 1.24 bits per heavy atom. The highest BCUT2D eigenvalue weighted by atomic mass is 16.2. The van der Waals surface area contributed by atoms with Crippen LogP contribution in [-0.4, -0.2) is 11.7 Å². The van der Waals surface area contributed by atoms with Gasteiger partial charge >= 0.3 is 0 Å². The number of fused-ring (bicyclic) bond motifs is 1. The molecule has 1 unspecified atom stereocenters. The van der Waals surface area contributed by atoms with E-state index in [1.807, 2.05) is 18.2 Å². The lowest BCUT2D eigenvalue weighted by atomic mass is 9.97. The molecule has 0 aromatic heterocycles. The molecule has 21 heavy (non-hydrogen) atoms. The minimum atomic E-state index is -0.299. The number of nitriles is 1. The molecule has 0 saturated carbocycles. The molecule has 0 bridgehead atoms. The molecule has 3 rings (SSSR count). The Morgan fingerprint density at radius 3 is 2.86 bits per heavy atom. The highest BCUT2D eigenvalue weighted by Crippen LogP contribution is 2.28. The quantitative estimate of drug-likeness (QED) is 0.878. The molecule has 1 aliphatic heterocycles. The normalized spacial score (nSPS) is 16.0. The SMILES string of the molecule is N#Cc1cccc(C(=O)CC2NC(=O)c3ccccc32)c1.[HH]. The van der Waals surface area contributed by atoms with Crippen LogP contribution in [0.3, 0.4) is 0 Å². The maximum absolute atomic E-state index is 12.3. The molecule has 0 spiro atoms. The predicted molar refractivity (Wildman–Crippen MR) is 78.9 cm³/mol. The van der Waals surface area contributed by atoms with Gasteiger partial charge in [0.15, 0.2) is 5.78 Å². The average molecular weight is 278 g/mol. The van der Waals surface area contributed by atoms with Crippen molar-refractivity contribution < 1.29 is 11.0 Å². The Morgan fingerprint density at radius 2 is 2.05 bits per heavy atom. The highest BCUT2D eigenvalue weighted by Gasteiger charge is 2.29. The van der Waals surface area contributed by atoms with Gasteiger partial charge in [-0.2, -0.15) is 5.26 Å². The molecule has 0 saturated heterocycles. The summed E-state index contributed by atoms with van der Waals surface area (Å²) < 4.78 is 0. The molecule has 1 heterocycles. The molecule has 1 N–H and O–H groups in total. The van der Waals surface area contributed by atoms with Gasteiger partial charge in [0.05, 0.1) is 17.7 Å². The lowest BCUT2D eigenvalue weighted by molar-refractivity contribution is 0.0933. The Labute approximate surface area is 123 Å². The van der Waals surface area contributed by atoms with Crippen molar-refractivity contribution in [3.05, 3.63) is 70.8 Å². The number of carbonyl (C=O) groups excluding carboxylic acids is 2. The highest BCUT2D eigenvalue weighted by molar-refractivity contribution is 6.02. The van der Waals surface area contributed by atoms with E-state index in [0.717, 1.165) is 5.56 Å². The summed E-state index contributed by atoms with van der Waals surface area (Å²) in [5.41, 5.74) is 2.43. The van der Waals surface area contributed by atoms with Gasteiger partial charge in [-0.1, -0.05) is 30.3 Å². The first-order valence-electron chi connectivity index (χ1n) is 6.62. The Kier molecular flexibility index (Phi) is 3.25. The van der Waals surface area contributed by atoms with Crippen molar-refractivity contribution >= 4 is 11.7 Å². The van der Waals surface area contributed by atoms with Crippen molar-refractivity contribution in [3.63, 3.8) is 0 Å². The van der Waals surface area contributed by atoms with Gasteiger partial charge in [-0.25, -0.2) is 0 Å². The van der Waals surface area contributed by atoms with Gasteiger partial charge in [0, 0.05) is 19.0 Å². The van der Waals surface area contributed by atoms with Crippen molar-refractivity contribution in [2.24, 2.45) is 0 Å². The van der Waals surface area contributed by atoms with Crippen molar-refractivity contribution in [2.45, 2.75) is 12.5 Å². The van der Waals surface area contributed by atoms with E-state index in [0.29, 0.717) is 16.7 Å². The van der Waals surface area contributed by atoms with Gasteiger partial charge in [-0.05, 0) is 23.8 Å². The molecule has 1 amide bonds. The molecule has 0 aliphatic carbocycles. The lowest BCUT2D eigenvalue weighted by Gasteiger charge is -2.10. The van der Waals surface area contributed by atoms with E-state index >= 15 is 0 Å². The maximum Gasteiger partial charge on any atom is 0.252 e. The van der Waals surface area contributed by atoms with E-state index in [1.165, 1.54) is 0 Å². The maximum atomic E-state index is 12.3. The second-order valence-electron chi connectivity index (χ2n) is 4.93. The third kappa shape index (κ3) is 2.41. The summed E-state index contributed by atoms with van der Waals surface area (Å²) in [5.74, 6) is -0.233. The van der Waals surface area contributed by atoms with E-state index in [2.05, 4.69) is 5.32 Å². The second kappa shape index (κ2) is 5.22. The van der Waals surface area contributed by atoms with Crippen LogP contribution < -0.4 is 5.32 Å². The summed E-state index contributed by atoms with van der Waals surface area (Å²) in [6.45, 7) is 0. The second-order valence-corrected chi connectivity index (χ2v) is 4.93. The lowest BCUT2D eigenvalue weighted by Crippen LogP contribution is -2.21. The minimum absolute atomic E-state index is 0. The van der Waals surface area contributed by atoms with E-state index in [9.17, 15) is 9.59 Å². The van der Waals surface area contributed by atoms with Crippen molar-refractivity contribution in [1.29, 1.82) is 5.26 Å². The smallest absolute Gasteiger partial charge is 0.252 e. The van der Waals surface area contributed by atoms with Crippen LogP contribution in [0.2, 0.25) is 0 Å². The molecular formula is C17H14N2O2. The average Bonchev–Trinajstić information content (AvgIpc) is 2.84. The van der Waals surface area contributed by atoms with Crippen molar-refractivity contribution in [3.8, 4) is 6.07 Å². The van der Waals surface area contributed by atoms with Crippen LogP contribution in [0.15, 0.2) is 48.5 Å². The number of rotatable bonds is 3. The fourth-order valence-corrected chi connectivity index (χ4v) is 2.55. The zero-order valence-corrected chi connectivity index (χ0v) is 11.2. The van der Waals surface area contributed by atoms with Crippen LogP contribution in [0.1, 0.15) is 45.7 Å². The van der Waals surface area contributed by atoms with Gasteiger partial charge in [-0.3, -0.25) is 9.59 Å². The summed E-state index contributed by atoms with van der Waals surface area (Å²) in [4.78, 5) is 24.2. The zero-order valence-electron chi connectivity index (χ0n) is 11.2. The molecule has 1 atom stereocenters. The summed E-state index contributed by atoms with van der Waals surface area (Å²) in [7, 11) is 0. The third-order valence-corrected chi connectivity index (χ3v) is 3.59. The summed E-state index contributed by atoms with van der Waals surface area (Å²) >= 11 is 0. The van der Waals surface area contributed by atoms with Gasteiger partial charge < -0.3 is 5.32 Å². The summed E-state index contributed by atoms with van der Waals surface area (Å²) in [5, 5.41) is 11.7. The molecular weight excluding hydrogens is 264 g/mol. The van der Waals surface area contributed by atoms with Crippen LogP contribution in [0.25, 0.3) is 0 Å². The third-order valence-electron chi connectivity index (χ3n) is 3.59. The first-order chi connectivity index (χ1) is 10.2. The molecule has 2 aromatic carbocycles. The number of nitrogens with zero attached hydrogens (tertiary/aromatic N) is 1. The first-order valence-corrected chi connectivity index (χ1v) is 6.62. The Balaban J connectivity index is 0.00000176. The Bertz CT molecular complexity index is 780. The Hall–Kier alpha value is -2.93. The van der Waals surface area contributed by atoms with Gasteiger partial charge in [0.1, 0.15) is 0 Å². The molecule has 4 nitrogen and oxygen atoms in total. The fourth-order valence-electron chi connectivity index (χ4n) is 2.55. The van der Waals surface area contributed by atoms with Crippen LogP contribution in [0, 0.1) is 11.3 Å². The predicted octanol–water partition coefficient (Wildman–Crippen LogP) is 2.86. The number of amides is 1. The first kappa shape index (κ1) is 13.1. The molecule has 0 fully saturated rings. The van der Waals surface area contributed by atoms with E-state index in [-0.39, 0.29) is 25.6 Å². The molecule has 0 radical (unpaired) electrons.